The lowest BCUT2D eigenvalue weighted by Crippen LogP contribution is -2.24. The zero-order chi connectivity index (χ0) is 20.6. The van der Waals surface area contributed by atoms with E-state index >= 15 is 0 Å². The van der Waals surface area contributed by atoms with Crippen molar-refractivity contribution in [2.45, 2.75) is 18.2 Å². The highest BCUT2D eigenvalue weighted by molar-refractivity contribution is 7.99. The average molecular weight is 432 g/mol. The molecule has 8 nitrogen and oxygen atoms in total. The van der Waals surface area contributed by atoms with E-state index in [4.69, 9.17) is 16.0 Å². The minimum absolute atomic E-state index is 0.149. The number of allylic oxidation sites excluding steroid dienone is 1. The highest BCUT2D eigenvalue weighted by Crippen LogP contribution is 2.19. The van der Waals surface area contributed by atoms with E-state index in [1.807, 2.05) is 0 Å². The quantitative estimate of drug-likeness (QED) is 0.398. The number of hydrogen-bond acceptors (Lipinski definition) is 6. The third kappa shape index (κ3) is 5.72. The SMILES string of the molecule is C=CCn1c(CNC(=O)c2ccco2)nnc1SCC(=O)Nc1ccc(Cl)cc1. The molecule has 2 amide bonds. The van der Waals surface area contributed by atoms with Crippen LogP contribution in [0.1, 0.15) is 16.4 Å². The van der Waals surface area contributed by atoms with Gasteiger partial charge in [0.1, 0.15) is 0 Å². The maximum absolute atomic E-state index is 12.2. The van der Waals surface area contributed by atoms with Gasteiger partial charge in [0.15, 0.2) is 16.7 Å². The second-order valence-corrected chi connectivity index (χ2v) is 7.18. The first kappa shape index (κ1) is 20.7. The minimum atomic E-state index is -0.348. The number of furan rings is 1. The second kappa shape index (κ2) is 9.94. The summed E-state index contributed by atoms with van der Waals surface area (Å²) in [7, 11) is 0. The molecule has 0 atom stereocenters. The van der Waals surface area contributed by atoms with Gasteiger partial charge in [-0.25, -0.2) is 0 Å². The molecule has 3 rings (SSSR count). The molecule has 2 heterocycles. The fraction of sp³-hybridized carbons (Fsp3) is 0.158. The Morgan fingerprint density at radius 3 is 2.72 bits per heavy atom. The number of benzene rings is 1. The highest BCUT2D eigenvalue weighted by atomic mass is 35.5. The van der Waals surface area contributed by atoms with E-state index in [0.717, 1.165) is 0 Å². The number of thioether (sulfide) groups is 1. The van der Waals surface area contributed by atoms with Gasteiger partial charge in [-0.1, -0.05) is 29.4 Å². The Morgan fingerprint density at radius 2 is 2.03 bits per heavy atom. The predicted octanol–water partition coefficient (Wildman–Crippen LogP) is 3.37. The van der Waals surface area contributed by atoms with Crippen molar-refractivity contribution in [3.05, 3.63) is 71.9 Å². The monoisotopic (exact) mass is 431 g/mol. The molecule has 0 radical (unpaired) electrons. The zero-order valence-corrected chi connectivity index (χ0v) is 16.9. The summed E-state index contributed by atoms with van der Waals surface area (Å²) in [6, 6.07) is 10.1. The smallest absolute Gasteiger partial charge is 0.287 e. The van der Waals surface area contributed by atoms with Crippen LogP contribution in [0.4, 0.5) is 5.69 Å². The Balaban J connectivity index is 1.58. The van der Waals surface area contributed by atoms with Gasteiger partial charge in [-0.15, -0.1) is 16.8 Å². The predicted molar refractivity (Wildman–Crippen MR) is 111 cm³/mol. The van der Waals surface area contributed by atoms with E-state index in [1.165, 1.54) is 18.0 Å². The van der Waals surface area contributed by atoms with Crippen LogP contribution >= 0.6 is 23.4 Å². The van der Waals surface area contributed by atoms with Gasteiger partial charge in [-0.05, 0) is 36.4 Å². The van der Waals surface area contributed by atoms with Crippen molar-refractivity contribution in [3.8, 4) is 0 Å². The van der Waals surface area contributed by atoms with Gasteiger partial charge < -0.3 is 19.6 Å². The first-order chi connectivity index (χ1) is 14.1. The van der Waals surface area contributed by atoms with Crippen molar-refractivity contribution >= 4 is 40.9 Å². The van der Waals surface area contributed by atoms with Crippen molar-refractivity contribution in [1.29, 1.82) is 0 Å². The Bertz CT molecular complexity index is 986. The van der Waals surface area contributed by atoms with Crippen molar-refractivity contribution < 1.29 is 14.0 Å². The molecule has 1 aromatic carbocycles. The lowest BCUT2D eigenvalue weighted by atomic mass is 10.3. The number of hydrogen-bond donors (Lipinski definition) is 2. The van der Waals surface area contributed by atoms with Crippen LogP contribution < -0.4 is 10.6 Å². The molecule has 0 fully saturated rings. The number of carbonyl (C=O) groups is 2. The van der Waals surface area contributed by atoms with Gasteiger partial charge in [0.2, 0.25) is 5.91 Å². The van der Waals surface area contributed by atoms with Gasteiger partial charge >= 0.3 is 0 Å². The summed E-state index contributed by atoms with van der Waals surface area (Å²) in [4.78, 5) is 24.2. The first-order valence-corrected chi connectivity index (χ1v) is 9.96. The number of nitrogens with zero attached hydrogens (tertiary/aromatic N) is 3. The van der Waals surface area contributed by atoms with Crippen LogP contribution in [-0.2, 0) is 17.9 Å². The normalized spacial score (nSPS) is 10.5. The zero-order valence-electron chi connectivity index (χ0n) is 15.3. The van der Waals surface area contributed by atoms with Gasteiger partial charge in [0.05, 0.1) is 18.6 Å². The maximum atomic E-state index is 12.2. The van der Waals surface area contributed by atoms with Crippen LogP contribution in [-0.4, -0.2) is 32.3 Å². The maximum Gasteiger partial charge on any atom is 0.287 e. The van der Waals surface area contributed by atoms with Gasteiger partial charge in [-0.3, -0.25) is 9.59 Å². The number of halogens is 1. The molecular formula is C19H18ClN5O3S. The number of carbonyl (C=O) groups excluding carboxylic acids is 2. The minimum Gasteiger partial charge on any atom is -0.459 e. The topological polar surface area (TPSA) is 102 Å². The van der Waals surface area contributed by atoms with Crippen molar-refractivity contribution in [2.75, 3.05) is 11.1 Å². The third-order valence-corrected chi connectivity index (χ3v) is 4.94. The molecule has 0 saturated carbocycles. The van der Waals surface area contributed by atoms with Crippen LogP contribution in [0, 0.1) is 0 Å². The van der Waals surface area contributed by atoms with Crippen molar-refractivity contribution in [2.24, 2.45) is 0 Å². The van der Waals surface area contributed by atoms with Crippen LogP contribution in [0.25, 0.3) is 0 Å². The molecule has 0 unspecified atom stereocenters. The summed E-state index contributed by atoms with van der Waals surface area (Å²) in [6.07, 6.45) is 3.12. The first-order valence-electron chi connectivity index (χ1n) is 8.59. The van der Waals surface area contributed by atoms with Crippen molar-refractivity contribution in [1.82, 2.24) is 20.1 Å². The van der Waals surface area contributed by atoms with Crippen molar-refractivity contribution in [3.63, 3.8) is 0 Å². The van der Waals surface area contributed by atoms with E-state index in [2.05, 4.69) is 27.4 Å². The largest absolute Gasteiger partial charge is 0.459 e. The molecule has 0 bridgehead atoms. The van der Waals surface area contributed by atoms with Crippen LogP contribution in [0.3, 0.4) is 0 Å². The lowest BCUT2D eigenvalue weighted by molar-refractivity contribution is -0.113. The summed E-state index contributed by atoms with van der Waals surface area (Å²) in [5.74, 6) is 0.382. The number of aromatic nitrogens is 3. The molecule has 2 aromatic heterocycles. The summed E-state index contributed by atoms with van der Waals surface area (Å²) in [6.45, 7) is 4.34. The van der Waals surface area contributed by atoms with Crippen LogP contribution in [0.15, 0.2) is 64.9 Å². The molecule has 0 saturated heterocycles. The van der Waals surface area contributed by atoms with E-state index in [-0.39, 0.29) is 29.9 Å². The molecule has 0 aliphatic carbocycles. The highest BCUT2D eigenvalue weighted by Gasteiger charge is 2.15. The van der Waals surface area contributed by atoms with Gasteiger partial charge in [-0.2, -0.15) is 0 Å². The average Bonchev–Trinajstić information content (AvgIpc) is 3.37. The third-order valence-electron chi connectivity index (χ3n) is 3.72. The summed E-state index contributed by atoms with van der Waals surface area (Å²) < 4.78 is 6.85. The number of nitrogens with one attached hydrogen (secondary N) is 2. The van der Waals surface area contributed by atoms with E-state index in [9.17, 15) is 9.59 Å². The molecule has 150 valence electrons. The van der Waals surface area contributed by atoms with E-state index in [1.54, 1.807) is 47.0 Å². The van der Waals surface area contributed by atoms with Crippen LogP contribution in [0.5, 0.6) is 0 Å². The molecular weight excluding hydrogens is 414 g/mol. The molecule has 2 N–H and O–H groups in total. The molecule has 0 aliphatic heterocycles. The Morgan fingerprint density at radius 1 is 1.24 bits per heavy atom. The Labute approximate surface area is 176 Å². The van der Waals surface area contributed by atoms with Crippen LogP contribution in [0.2, 0.25) is 5.02 Å². The van der Waals surface area contributed by atoms with E-state index < -0.39 is 0 Å². The van der Waals surface area contributed by atoms with E-state index in [0.29, 0.717) is 28.2 Å². The Kier molecular flexibility index (Phi) is 7.09. The standard InChI is InChI=1S/C19H18ClN5O3S/c1-2-9-25-16(11-21-18(27)15-4-3-10-28-15)23-24-19(25)29-12-17(26)22-14-7-5-13(20)6-8-14/h2-8,10H,1,9,11-12H2,(H,21,27)(H,22,26). The summed E-state index contributed by atoms with van der Waals surface area (Å²) >= 11 is 7.08. The summed E-state index contributed by atoms with van der Waals surface area (Å²) in [5, 5.41) is 14.9. The molecule has 0 spiro atoms. The van der Waals surface area contributed by atoms with Gasteiger partial charge in [0.25, 0.3) is 5.91 Å². The number of amides is 2. The second-order valence-electron chi connectivity index (χ2n) is 5.80. The summed E-state index contributed by atoms with van der Waals surface area (Å²) in [5.41, 5.74) is 0.661. The molecule has 0 aliphatic rings. The number of rotatable bonds is 9. The molecule has 3 aromatic rings. The molecule has 29 heavy (non-hydrogen) atoms. The molecule has 10 heteroatoms. The lowest BCUT2D eigenvalue weighted by Gasteiger charge is -2.08. The fourth-order valence-corrected chi connectivity index (χ4v) is 3.28. The Hall–Kier alpha value is -3.04. The fourth-order valence-electron chi connectivity index (χ4n) is 2.38. The van der Waals surface area contributed by atoms with Gasteiger partial charge in [0, 0.05) is 17.3 Å². The number of anilines is 1.